The number of furan rings is 1. The lowest BCUT2D eigenvalue weighted by atomic mass is 10.0. The summed E-state index contributed by atoms with van der Waals surface area (Å²) >= 11 is 0. The van der Waals surface area contributed by atoms with Crippen molar-refractivity contribution in [2.24, 2.45) is 5.73 Å². The third kappa shape index (κ3) is 5.71. The van der Waals surface area contributed by atoms with E-state index in [9.17, 15) is 13.2 Å². The van der Waals surface area contributed by atoms with Gasteiger partial charge in [-0.2, -0.15) is 0 Å². The molecular weight excluding hydrogens is 542 g/mol. The molecule has 1 aromatic heterocycles. The zero-order valence-corrected chi connectivity index (χ0v) is 23.8. The van der Waals surface area contributed by atoms with E-state index in [0.29, 0.717) is 41.4 Å². The number of nitrogen functional groups attached to an aromatic ring is 1. The van der Waals surface area contributed by atoms with Crippen LogP contribution in [0.5, 0.6) is 0 Å². The highest BCUT2D eigenvalue weighted by atomic mass is 32.2. The normalized spacial score (nSPS) is 12.8. The average Bonchev–Trinajstić information content (AvgIpc) is 3.29. The molecule has 0 bridgehead atoms. The molecule has 0 fully saturated rings. The summed E-state index contributed by atoms with van der Waals surface area (Å²) in [4.78, 5) is 12.7. The second kappa shape index (κ2) is 11.5. The fraction of sp³-hybridized carbons (Fsp3) is 0.267. The molecule has 0 saturated carbocycles. The van der Waals surface area contributed by atoms with E-state index in [2.05, 4.69) is 10.6 Å². The highest BCUT2D eigenvalue weighted by Gasteiger charge is 2.32. The summed E-state index contributed by atoms with van der Waals surface area (Å²) in [5.41, 5.74) is 10.2. The summed E-state index contributed by atoms with van der Waals surface area (Å²) in [5, 5.41) is 14.9. The lowest BCUT2D eigenvalue weighted by molar-refractivity contribution is -0.141. The third-order valence-corrected chi connectivity index (χ3v) is 8.96. The minimum Gasteiger partial charge on any atom is -0.465 e. The largest absolute Gasteiger partial charge is 0.465 e. The maximum absolute atomic E-state index is 14.1. The first-order valence-corrected chi connectivity index (χ1v) is 14.9. The molecule has 5 N–H and O–H groups in total. The molecule has 1 aliphatic heterocycles. The Morgan fingerprint density at radius 3 is 2.68 bits per heavy atom. The molecule has 2 heterocycles. The van der Waals surface area contributed by atoms with E-state index in [1.165, 1.54) is 0 Å². The monoisotopic (exact) mass is 575 g/mol. The Bertz CT molecular complexity index is 1710. The van der Waals surface area contributed by atoms with Crippen LogP contribution in [0.3, 0.4) is 0 Å². The highest BCUT2D eigenvalue weighted by molar-refractivity contribution is 7.93. The van der Waals surface area contributed by atoms with E-state index < -0.39 is 22.5 Å². The summed E-state index contributed by atoms with van der Waals surface area (Å²) < 4.78 is 40.6. The number of hydrogen-bond donors (Lipinski definition) is 4. The lowest BCUT2D eigenvalue weighted by Gasteiger charge is -2.27. The molecule has 3 aromatic carbocycles. The minimum atomic E-state index is -4.14. The van der Waals surface area contributed by atoms with Crippen LogP contribution in [0.2, 0.25) is 0 Å². The van der Waals surface area contributed by atoms with Gasteiger partial charge >= 0.3 is 5.97 Å². The van der Waals surface area contributed by atoms with Crippen molar-refractivity contribution in [1.82, 2.24) is 0 Å². The first-order chi connectivity index (χ1) is 19.7. The fourth-order valence-electron chi connectivity index (χ4n) is 4.99. The van der Waals surface area contributed by atoms with Gasteiger partial charge in [-0.15, -0.1) is 0 Å². The number of benzene rings is 3. The topological polar surface area (TPSA) is 151 Å². The predicted molar refractivity (Wildman–Crippen MR) is 160 cm³/mol. The molecule has 0 aliphatic carbocycles. The predicted octanol–water partition coefficient (Wildman–Crippen LogP) is 4.75. The van der Waals surface area contributed by atoms with Crippen molar-refractivity contribution in [2.45, 2.75) is 38.1 Å². The summed E-state index contributed by atoms with van der Waals surface area (Å²) in [6.45, 7) is 4.35. The zero-order chi connectivity index (χ0) is 29.1. The Morgan fingerprint density at radius 1 is 1.17 bits per heavy atom. The molecule has 10 nitrogen and oxygen atoms in total. The van der Waals surface area contributed by atoms with Crippen molar-refractivity contribution < 1.29 is 22.4 Å². The molecule has 0 unspecified atom stereocenters. The number of aryl methyl sites for hydroxylation is 2. The second-order valence-corrected chi connectivity index (χ2v) is 11.6. The number of rotatable bonds is 10. The Balaban J connectivity index is 1.48. The van der Waals surface area contributed by atoms with E-state index in [-0.39, 0.29) is 17.3 Å². The van der Waals surface area contributed by atoms with Crippen molar-refractivity contribution >= 4 is 49.9 Å². The molecule has 214 valence electrons. The van der Waals surface area contributed by atoms with E-state index in [1.807, 2.05) is 25.1 Å². The number of nitrogens with zero attached hydrogens (tertiary/aromatic N) is 1. The summed E-state index contributed by atoms with van der Waals surface area (Å²) in [6.07, 6.45) is 1.69. The smallest absolute Gasteiger partial charge is 0.326 e. The highest BCUT2D eigenvalue weighted by Crippen LogP contribution is 2.35. The molecule has 11 heteroatoms. The summed E-state index contributed by atoms with van der Waals surface area (Å²) in [5.74, 6) is 0.0436. The number of hydrogen-bond acceptors (Lipinski definition) is 8. The maximum atomic E-state index is 14.1. The van der Waals surface area contributed by atoms with Crippen LogP contribution >= 0.6 is 0 Å². The molecule has 0 saturated heterocycles. The first kappa shape index (κ1) is 28.0. The molecule has 4 aromatic rings. The van der Waals surface area contributed by atoms with E-state index in [4.69, 9.17) is 20.3 Å². The number of nitrogens with one attached hydrogen (secondary N) is 3. The van der Waals surface area contributed by atoms with Gasteiger partial charge in [0.1, 0.15) is 28.6 Å². The summed E-state index contributed by atoms with van der Waals surface area (Å²) in [6, 6.07) is 17.5. The zero-order valence-electron chi connectivity index (χ0n) is 23.0. The van der Waals surface area contributed by atoms with Gasteiger partial charge in [0.05, 0.1) is 24.5 Å². The van der Waals surface area contributed by atoms with Crippen LogP contribution in [-0.4, -0.2) is 39.9 Å². The molecule has 5 rings (SSSR count). The number of anilines is 3. The van der Waals surface area contributed by atoms with E-state index in [1.54, 1.807) is 49.4 Å². The van der Waals surface area contributed by atoms with Crippen LogP contribution < -0.4 is 20.7 Å². The molecule has 0 atom stereocenters. The Morgan fingerprint density at radius 2 is 1.95 bits per heavy atom. The van der Waals surface area contributed by atoms with Gasteiger partial charge in [0.15, 0.2) is 0 Å². The van der Waals surface area contributed by atoms with E-state index >= 15 is 0 Å². The molecule has 0 radical (unpaired) electrons. The molecular formula is C30H33N5O5S. The number of para-hydroxylation sites is 1. The van der Waals surface area contributed by atoms with Gasteiger partial charge < -0.3 is 25.5 Å². The first-order valence-electron chi connectivity index (χ1n) is 13.4. The number of nitrogens with two attached hydrogens (primary N) is 1. The van der Waals surface area contributed by atoms with Gasteiger partial charge in [-0.25, -0.2) is 8.42 Å². The summed E-state index contributed by atoms with van der Waals surface area (Å²) in [7, 11) is -4.14. The molecule has 0 spiro atoms. The number of carbonyl (C=O) groups is 1. The van der Waals surface area contributed by atoms with Crippen LogP contribution in [0, 0.1) is 12.3 Å². The Hall–Kier alpha value is -4.51. The van der Waals surface area contributed by atoms with Crippen molar-refractivity contribution in [3.05, 3.63) is 83.1 Å². The van der Waals surface area contributed by atoms with Crippen LogP contribution in [0.1, 0.15) is 35.8 Å². The standard InChI is InChI=1S/C30H33N5O5S/c1-3-39-28(36)18-35(41(37,38)27-8-4-6-20-7-5-15-33-29(20)27)23-13-14-24-19(2)26(40-25(24)16-23)17-34-22-11-9-21(10-12-22)30(31)32/h4,6,8-14,16,33-34H,3,5,7,15,17-18H2,1-2H3,(H3,31,32). The lowest BCUT2D eigenvalue weighted by Crippen LogP contribution is -2.37. The van der Waals surface area contributed by atoms with Crippen molar-refractivity contribution in [2.75, 3.05) is 34.6 Å². The SMILES string of the molecule is CCOC(=O)CN(c1ccc2c(C)c(CNc3ccc(C(=N)N)cc3)oc2c1)S(=O)(=O)c1cccc2c1NCCC2. The van der Waals surface area contributed by atoms with Crippen LogP contribution in [-0.2, 0) is 32.5 Å². The van der Waals surface area contributed by atoms with Gasteiger partial charge in [0.2, 0.25) is 0 Å². The Kier molecular flexibility index (Phi) is 7.89. The van der Waals surface area contributed by atoms with Crippen molar-refractivity contribution in [1.29, 1.82) is 5.41 Å². The van der Waals surface area contributed by atoms with Gasteiger partial charge in [-0.1, -0.05) is 12.1 Å². The number of esters is 1. The number of amidine groups is 1. The van der Waals surface area contributed by atoms with Gasteiger partial charge in [-0.3, -0.25) is 14.5 Å². The number of fused-ring (bicyclic) bond motifs is 2. The van der Waals surface area contributed by atoms with Crippen molar-refractivity contribution in [3.8, 4) is 0 Å². The van der Waals surface area contributed by atoms with Gasteiger partial charge in [0.25, 0.3) is 10.0 Å². The van der Waals surface area contributed by atoms with E-state index in [0.717, 1.165) is 39.3 Å². The second-order valence-electron chi connectivity index (χ2n) is 9.81. The van der Waals surface area contributed by atoms with Gasteiger partial charge in [0, 0.05) is 34.8 Å². The van der Waals surface area contributed by atoms with Crippen LogP contribution in [0.4, 0.5) is 17.1 Å². The van der Waals surface area contributed by atoms with Crippen LogP contribution in [0.15, 0.2) is 70.0 Å². The quantitative estimate of drug-likeness (QED) is 0.120. The average molecular weight is 576 g/mol. The molecule has 41 heavy (non-hydrogen) atoms. The fourth-order valence-corrected chi connectivity index (χ4v) is 6.60. The third-order valence-electron chi connectivity index (χ3n) is 7.14. The minimum absolute atomic E-state index is 0.00269. The molecule has 1 aliphatic rings. The maximum Gasteiger partial charge on any atom is 0.326 e. The number of ether oxygens (including phenoxy) is 1. The van der Waals surface area contributed by atoms with Crippen LogP contribution in [0.25, 0.3) is 11.0 Å². The van der Waals surface area contributed by atoms with Gasteiger partial charge in [-0.05, 0) is 74.7 Å². The van der Waals surface area contributed by atoms with Crippen molar-refractivity contribution in [3.63, 3.8) is 0 Å². The Labute approximate surface area is 239 Å². The molecule has 0 amide bonds. The number of carbonyl (C=O) groups excluding carboxylic acids is 1. The number of sulfonamides is 1.